The molecule has 0 spiro atoms. The molecule has 0 fully saturated rings. The normalized spacial score (nSPS) is 20.2. The molecule has 1 unspecified atom stereocenters. The Balaban J connectivity index is 1.82. The predicted octanol–water partition coefficient (Wildman–Crippen LogP) is 2.72. The van der Waals surface area contributed by atoms with Crippen LogP contribution in [0, 0.1) is 0 Å². The number of phenolic OH excluding ortho intramolecular Hbond substituents is 1. The Bertz CT molecular complexity index is 839. The van der Waals surface area contributed by atoms with Crippen molar-refractivity contribution in [3.8, 4) is 5.75 Å². The van der Waals surface area contributed by atoms with E-state index >= 15 is 0 Å². The third-order valence-corrected chi connectivity index (χ3v) is 4.43. The third kappa shape index (κ3) is 2.25. The Labute approximate surface area is 138 Å². The maximum absolute atomic E-state index is 12.8. The monoisotopic (exact) mass is 321 g/mol. The van der Waals surface area contributed by atoms with Crippen LogP contribution < -0.4 is 4.90 Å². The fourth-order valence-electron chi connectivity index (χ4n) is 3.32. The highest BCUT2D eigenvalue weighted by molar-refractivity contribution is 6.06. The van der Waals surface area contributed by atoms with Gasteiger partial charge in [0.1, 0.15) is 12.4 Å². The summed E-state index contributed by atoms with van der Waals surface area (Å²) in [5, 5.41) is 9.46. The van der Waals surface area contributed by atoms with E-state index in [1.807, 2.05) is 30.3 Å². The fourth-order valence-corrected chi connectivity index (χ4v) is 3.32. The van der Waals surface area contributed by atoms with E-state index in [9.17, 15) is 14.7 Å². The Kier molecular flexibility index (Phi) is 3.34. The van der Waals surface area contributed by atoms with E-state index in [0.29, 0.717) is 11.3 Å². The molecule has 2 aromatic rings. The Morgan fingerprint density at radius 1 is 1.00 bits per heavy atom. The molecule has 2 aromatic carbocycles. The van der Waals surface area contributed by atoms with Crippen LogP contribution in [0.15, 0.2) is 65.9 Å². The second-order valence-corrected chi connectivity index (χ2v) is 5.85. The van der Waals surface area contributed by atoms with Crippen LogP contribution in [0.5, 0.6) is 5.75 Å². The van der Waals surface area contributed by atoms with Crippen LogP contribution in [-0.2, 0) is 14.3 Å². The number of rotatable bonds is 2. The topological polar surface area (TPSA) is 66.8 Å². The Hall–Kier alpha value is -3.08. The van der Waals surface area contributed by atoms with Gasteiger partial charge in [0.05, 0.1) is 11.3 Å². The highest BCUT2D eigenvalue weighted by Gasteiger charge is 2.42. The second kappa shape index (κ2) is 5.53. The zero-order valence-corrected chi connectivity index (χ0v) is 12.8. The summed E-state index contributed by atoms with van der Waals surface area (Å²) in [7, 11) is 0. The van der Waals surface area contributed by atoms with Gasteiger partial charge in [-0.25, -0.2) is 4.79 Å². The van der Waals surface area contributed by atoms with Crippen molar-refractivity contribution in [3.05, 3.63) is 71.4 Å². The molecule has 0 radical (unpaired) electrons. The first-order valence-corrected chi connectivity index (χ1v) is 7.72. The number of ether oxygens (including phenoxy) is 1. The lowest BCUT2D eigenvalue weighted by Crippen LogP contribution is -2.37. The van der Waals surface area contributed by atoms with Crippen LogP contribution in [0.25, 0.3) is 0 Å². The van der Waals surface area contributed by atoms with Gasteiger partial charge in [-0.05, 0) is 29.8 Å². The number of carbonyl (C=O) groups excluding carboxylic acids is 2. The number of aromatic hydroxyl groups is 1. The molecule has 5 nitrogen and oxygen atoms in total. The summed E-state index contributed by atoms with van der Waals surface area (Å²) in [4.78, 5) is 26.6. The molecule has 24 heavy (non-hydrogen) atoms. The lowest BCUT2D eigenvalue weighted by molar-refractivity contribution is -0.136. The van der Waals surface area contributed by atoms with Gasteiger partial charge in [0.25, 0.3) is 0 Å². The fraction of sp³-hybridized carbons (Fsp3) is 0.158. The quantitative estimate of drug-likeness (QED) is 0.864. The lowest BCUT2D eigenvalue weighted by atomic mass is 9.84. The van der Waals surface area contributed by atoms with Gasteiger partial charge in [0.2, 0.25) is 5.91 Å². The van der Waals surface area contributed by atoms with E-state index in [-0.39, 0.29) is 36.6 Å². The van der Waals surface area contributed by atoms with Crippen molar-refractivity contribution in [2.75, 3.05) is 11.5 Å². The number of amides is 1. The van der Waals surface area contributed by atoms with E-state index in [1.54, 1.807) is 29.2 Å². The number of hydrogen-bond donors (Lipinski definition) is 1. The summed E-state index contributed by atoms with van der Waals surface area (Å²) in [6, 6.07) is 15.9. The van der Waals surface area contributed by atoms with E-state index in [0.717, 1.165) is 11.3 Å². The molecule has 0 saturated carbocycles. The molecule has 1 atom stereocenters. The minimum atomic E-state index is -0.378. The van der Waals surface area contributed by atoms with Crippen LogP contribution in [-0.4, -0.2) is 23.6 Å². The molecule has 1 N–H and O–H groups in total. The van der Waals surface area contributed by atoms with Crippen molar-refractivity contribution in [1.82, 2.24) is 0 Å². The number of phenols is 1. The molecule has 0 aromatic heterocycles. The van der Waals surface area contributed by atoms with Crippen LogP contribution in [0.4, 0.5) is 5.69 Å². The number of nitrogens with zero attached hydrogens (tertiary/aromatic N) is 1. The lowest BCUT2D eigenvalue weighted by Gasteiger charge is -2.31. The van der Waals surface area contributed by atoms with E-state index in [2.05, 4.69) is 0 Å². The summed E-state index contributed by atoms with van der Waals surface area (Å²) in [6.07, 6.45) is 0.188. The van der Waals surface area contributed by atoms with Gasteiger partial charge in [-0.3, -0.25) is 9.69 Å². The maximum Gasteiger partial charge on any atom is 0.336 e. The number of para-hydroxylation sites is 1. The van der Waals surface area contributed by atoms with E-state index < -0.39 is 0 Å². The van der Waals surface area contributed by atoms with Crippen molar-refractivity contribution in [2.24, 2.45) is 0 Å². The number of hydrogen-bond acceptors (Lipinski definition) is 4. The molecule has 0 bridgehead atoms. The van der Waals surface area contributed by atoms with Crippen molar-refractivity contribution in [3.63, 3.8) is 0 Å². The standard InChI is InChI=1S/C19H15NO4/c21-14-8-6-12(7-9-14)15-10-17(22)20(13-4-2-1-3-5-13)16-11-24-19(23)18(15)16/h1-9,15,21H,10-11H2. The van der Waals surface area contributed by atoms with Crippen LogP contribution >= 0.6 is 0 Å². The van der Waals surface area contributed by atoms with Gasteiger partial charge in [-0.15, -0.1) is 0 Å². The summed E-state index contributed by atoms with van der Waals surface area (Å²) in [5.41, 5.74) is 2.70. The van der Waals surface area contributed by atoms with Crippen molar-refractivity contribution in [1.29, 1.82) is 0 Å². The average molecular weight is 321 g/mol. The number of carbonyl (C=O) groups is 2. The number of esters is 1. The minimum Gasteiger partial charge on any atom is -0.508 e. The van der Waals surface area contributed by atoms with Crippen molar-refractivity contribution >= 4 is 17.6 Å². The predicted molar refractivity (Wildman–Crippen MR) is 87.4 cm³/mol. The molecular formula is C19H15NO4. The smallest absolute Gasteiger partial charge is 0.336 e. The zero-order chi connectivity index (χ0) is 16.7. The molecule has 0 saturated heterocycles. The first-order valence-electron chi connectivity index (χ1n) is 7.72. The highest BCUT2D eigenvalue weighted by atomic mass is 16.5. The van der Waals surface area contributed by atoms with Gasteiger partial charge in [-0.2, -0.15) is 0 Å². The van der Waals surface area contributed by atoms with Crippen LogP contribution in [0.2, 0.25) is 0 Å². The molecule has 2 aliphatic rings. The van der Waals surface area contributed by atoms with Crippen molar-refractivity contribution < 1.29 is 19.4 Å². The number of anilines is 1. The number of cyclic esters (lactones) is 1. The highest BCUT2D eigenvalue weighted by Crippen LogP contribution is 2.41. The first kappa shape index (κ1) is 14.5. The van der Waals surface area contributed by atoms with E-state index in [4.69, 9.17) is 4.74 Å². The molecule has 1 amide bonds. The number of benzene rings is 2. The second-order valence-electron chi connectivity index (χ2n) is 5.85. The van der Waals surface area contributed by atoms with Crippen molar-refractivity contribution in [2.45, 2.75) is 12.3 Å². The van der Waals surface area contributed by atoms with Gasteiger partial charge in [0, 0.05) is 18.0 Å². The van der Waals surface area contributed by atoms with Gasteiger partial charge < -0.3 is 9.84 Å². The molecule has 120 valence electrons. The summed E-state index contributed by atoms with van der Waals surface area (Å²) in [6.45, 7) is 0.101. The summed E-state index contributed by atoms with van der Waals surface area (Å²) in [5.74, 6) is -0.647. The van der Waals surface area contributed by atoms with Gasteiger partial charge in [-0.1, -0.05) is 30.3 Å². The van der Waals surface area contributed by atoms with Crippen LogP contribution in [0.1, 0.15) is 17.9 Å². The maximum atomic E-state index is 12.8. The average Bonchev–Trinajstić information content (AvgIpc) is 2.97. The molecule has 2 aliphatic heterocycles. The third-order valence-electron chi connectivity index (χ3n) is 4.43. The summed E-state index contributed by atoms with van der Waals surface area (Å²) < 4.78 is 5.22. The summed E-state index contributed by atoms with van der Waals surface area (Å²) >= 11 is 0. The Morgan fingerprint density at radius 3 is 2.42 bits per heavy atom. The molecule has 4 rings (SSSR count). The van der Waals surface area contributed by atoms with Crippen LogP contribution in [0.3, 0.4) is 0 Å². The van der Waals surface area contributed by atoms with Gasteiger partial charge in [0.15, 0.2) is 0 Å². The minimum absolute atomic E-state index is 0.0728. The zero-order valence-electron chi connectivity index (χ0n) is 12.8. The SMILES string of the molecule is O=C1OCC2=C1C(c1ccc(O)cc1)CC(=O)N2c1ccccc1. The van der Waals surface area contributed by atoms with E-state index in [1.165, 1.54) is 0 Å². The first-order chi connectivity index (χ1) is 11.6. The molecule has 2 heterocycles. The molecule has 0 aliphatic carbocycles. The molecular weight excluding hydrogens is 306 g/mol. The Morgan fingerprint density at radius 2 is 1.71 bits per heavy atom. The van der Waals surface area contributed by atoms with Gasteiger partial charge >= 0.3 is 5.97 Å². The molecule has 5 heteroatoms. The largest absolute Gasteiger partial charge is 0.508 e.